The van der Waals surface area contributed by atoms with Crippen LogP contribution in [0.5, 0.6) is 0 Å². The molecule has 1 aromatic carbocycles. The van der Waals surface area contributed by atoms with Crippen LogP contribution in [0, 0.1) is 0 Å². The number of halogens is 2. The van der Waals surface area contributed by atoms with E-state index in [1.807, 2.05) is 0 Å². The Kier molecular flexibility index (Phi) is 4.28. The van der Waals surface area contributed by atoms with Crippen LogP contribution in [-0.4, -0.2) is 0 Å². The van der Waals surface area contributed by atoms with Crippen molar-refractivity contribution in [1.82, 2.24) is 0 Å². The van der Waals surface area contributed by atoms with Crippen LogP contribution >= 0.6 is 23.2 Å². The first-order valence-corrected chi connectivity index (χ1v) is 5.89. The zero-order valence-corrected chi connectivity index (χ0v) is 10.5. The van der Waals surface area contributed by atoms with Gasteiger partial charge in [0.15, 0.2) is 0 Å². The van der Waals surface area contributed by atoms with Gasteiger partial charge in [-0.15, -0.1) is 0 Å². The van der Waals surface area contributed by atoms with Crippen molar-refractivity contribution >= 4 is 23.2 Å². The van der Waals surface area contributed by atoms with Crippen molar-refractivity contribution in [3.8, 4) is 0 Å². The Balaban J connectivity index is 3.39. The molecule has 0 unspecified atom stereocenters. The maximum atomic E-state index is 6.26. The van der Waals surface area contributed by atoms with Gasteiger partial charge in [-0.2, -0.15) is 0 Å². The molecule has 0 amide bonds. The van der Waals surface area contributed by atoms with Crippen molar-refractivity contribution in [3.63, 3.8) is 0 Å². The van der Waals surface area contributed by atoms with Crippen LogP contribution in [0.3, 0.4) is 0 Å². The van der Waals surface area contributed by atoms with E-state index in [2.05, 4.69) is 26.8 Å². The molecule has 0 aromatic heterocycles. The average Bonchev–Trinajstić information content (AvgIpc) is 2.19. The Labute approximate surface area is 96.2 Å². The highest BCUT2D eigenvalue weighted by atomic mass is 35.5. The van der Waals surface area contributed by atoms with Gasteiger partial charge < -0.3 is 0 Å². The number of hydrogen-bond acceptors (Lipinski definition) is 0. The predicted octanol–water partition coefficient (Wildman–Crippen LogP) is 4.68. The van der Waals surface area contributed by atoms with Gasteiger partial charge >= 0.3 is 0 Å². The first-order chi connectivity index (χ1) is 6.65. The Hall–Kier alpha value is -0.200. The first-order valence-electron chi connectivity index (χ1n) is 5.14. The summed E-state index contributed by atoms with van der Waals surface area (Å²) in [7, 11) is 0. The summed E-state index contributed by atoms with van der Waals surface area (Å²) in [5.74, 6) is 0. The van der Waals surface area contributed by atoms with Crippen LogP contribution in [0.2, 0.25) is 10.0 Å². The van der Waals surface area contributed by atoms with E-state index in [0.717, 1.165) is 34.9 Å². The van der Waals surface area contributed by atoms with Crippen LogP contribution in [0.15, 0.2) is 6.07 Å². The third kappa shape index (κ3) is 2.07. The molecule has 0 aliphatic heterocycles. The van der Waals surface area contributed by atoms with E-state index >= 15 is 0 Å². The summed E-state index contributed by atoms with van der Waals surface area (Å²) in [6.07, 6.45) is 2.84. The molecule has 0 saturated heterocycles. The molecule has 0 aliphatic rings. The molecule has 0 nitrogen and oxygen atoms in total. The lowest BCUT2D eigenvalue weighted by Crippen LogP contribution is -1.96. The third-order valence-electron chi connectivity index (χ3n) is 2.56. The molecule has 1 aromatic rings. The summed E-state index contributed by atoms with van der Waals surface area (Å²) in [4.78, 5) is 0. The predicted molar refractivity (Wildman–Crippen MR) is 64.6 cm³/mol. The summed E-state index contributed by atoms with van der Waals surface area (Å²) in [6.45, 7) is 6.33. The van der Waals surface area contributed by atoms with Crippen LogP contribution in [0.25, 0.3) is 0 Å². The van der Waals surface area contributed by atoms with Crippen molar-refractivity contribution in [2.45, 2.75) is 40.0 Å². The van der Waals surface area contributed by atoms with Crippen molar-refractivity contribution < 1.29 is 0 Å². The molecule has 1 rings (SSSR count). The van der Waals surface area contributed by atoms with Gasteiger partial charge in [0.05, 0.1) is 0 Å². The molecular formula is C12H16Cl2. The average molecular weight is 231 g/mol. The third-order valence-corrected chi connectivity index (χ3v) is 3.50. The van der Waals surface area contributed by atoms with E-state index in [1.165, 1.54) is 11.1 Å². The highest BCUT2D eigenvalue weighted by Gasteiger charge is 2.11. The van der Waals surface area contributed by atoms with E-state index in [4.69, 9.17) is 23.2 Å². The smallest absolute Gasteiger partial charge is 0.0484 e. The molecule has 0 aliphatic carbocycles. The maximum absolute atomic E-state index is 6.26. The lowest BCUT2D eigenvalue weighted by Gasteiger charge is -2.13. The van der Waals surface area contributed by atoms with Crippen LogP contribution < -0.4 is 0 Å². The summed E-state index contributed by atoms with van der Waals surface area (Å²) in [6, 6.07) is 2.13. The molecule has 0 bridgehead atoms. The molecule has 0 atom stereocenters. The van der Waals surface area contributed by atoms with E-state index < -0.39 is 0 Å². The van der Waals surface area contributed by atoms with E-state index in [9.17, 15) is 0 Å². The number of hydrogen-bond donors (Lipinski definition) is 0. The van der Waals surface area contributed by atoms with Gasteiger partial charge in [0.1, 0.15) is 0 Å². The van der Waals surface area contributed by atoms with E-state index in [0.29, 0.717) is 0 Å². The fraction of sp³-hybridized carbons (Fsp3) is 0.500. The Bertz CT molecular complexity index is 301. The minimum atomic E-state index is 0.859. The van der Waals surface area contributed by atoms with Gasteiger partial charge in [0.2, 0.25) is 0 Å². The zero-order valence-electron chi connectivity index (χ0n) is 8.95. The summed E-state index contributed by atoms with van der Waals surface area (Å²) in [5.41, 5.74) is 3.53. The van der Waals surface area contributed by atoms with Crippen LogP contribution in [0.4, 0.5) is 0 Å². The second-order valence-electron chi connectivity index (χ2n) is 3.36. The molecule has 0 saturated carbocycles. The number of benzene rings is 1. The van der Waals surface area contributed by atoms with Crippen LogP contribution in [0.1, 0.15) is 37.5 Å². The number of aryl methyl sites for hydroxylation is 2. The summed E-state index contributed by atoms with van der Waals surface area (Å²) in [5, 5.41) is 1.72. The highest BCUT2D eigenvalue weighted by molar-refractivity contribution is 6.37. The Morgan fingerprint density at radius 1 is 0.857 bits per heavy atom. The summed E-state index contributed by atoms with van der Waals surface area (Å²) < 4.78 is 0. The second kappa shape index (κ2) is 5.04. The van der Waals surface area contributed by atoms with Gasteiger partial charge in [-0.1, -0.05) is 50.0 Å². The van der Waals surface area contributed by atoms with Crippen LogP contribution in [-0.2, 0) is 19.3 Å². The van der Waals surface area contributed by atoms with Gasteiger partial charge in [-0.05, 0) is 36.0 Å². The fourth-order valence-corrected chi connectivity index (χ4v) is 2.53. The van der Waals surface area contributed by atoms with Crippen molar-refractivity contribution in [2.75, 3.05) is 0 Å². The quantitative estimate of drug-likeness (QED) is 0.708. The highest BCUT2D eigenvalue weighted by Crippen LogP contribution is 2.32. The fourth-order valence-electron chi connectivity index (χ4n) is 1.65. The van der Waals surface area contributed by atoms with Gasteiger partial charge in [-0.25, -0.2) is 0 Å². The molecule has 0 fully saturated rings. The number of rotatable bonds is 3. The SMILES string of the molecule is CCc1cc(CC)c(Cl)c(CC)c1Cl. The normalized spacial score (nSPS) is 10.6. The maximum Gasteiger partial charge on any atom is 0.0484 e. The minimum absolute atomic E-state index is 0.859. The molecular weight excluding hydrogens is 215 g/mol. The lowest BCUT2D eigenvalue weighted by atomic mass is 10.0. The van der Waals surface area contributed by atoms with Crippen molar-refractivity contribution in [3.05, 3.63) is 32.8 Å². The van der Waals surface area contributed by atoms with Gasteiger partial charge in [0.25, 0.3) is 0 Å². The Morgan fingerprint density at radius 3 is 1.57 bits per heavy atom. The standard InChI is InChI=1S/C12H16Cl2/c1-4-8-7-9(5-2)12(14)10(6-3)11(8)13/h7H,4-6H2,1-3H3. The van der Waals surface area contributed by atoms with E-state index in [-0.39, 0.29) is 0 Å². The largest absolute Gasteiger partial charge is 0.0837 e. The second-order valence-corrected chi connectivity index (χ2v) is 4.12. The molecule has 78 valence electrons. The molecule has 0 N–H and O–H groups in total. The van der Waals surface area contributed by atoms with E-state index in [1.54, 1.807) is 0 Å². The van der Waals surface area contributed by atoms with Crippen molar-refractivity contribution in [2.24, 2.45) is 0 Å². The summed E-state index contributed by atoms with van der Waals surface area (Å²) >= 11 is 12.5. The Morgan fingerprint density at radius 2 is 1.29 bits per heavy atom. The van der Waals surface area contributed by atoms with Gasteiger partial charge in [0, 0.05) is 10.0 Å². The molecule has 2 heteroatoms. The molecule has 0 radical (unpaired) electrons. The zero-order chi connectivity index (χ0) is 10.7. The molecule has 0 heterocycles. The molecule has 14 heavy (non-hydrogen) atoms. The van der Waals surface area contributed by atoms with Gasteiger partial charge in [-0.3, -0.25) is 0 Å². The van der Waals surface area contributed by atoms with Crippen molar-refractivity contribution in [1.29, 1.82) is 0 Å². The lowest BCUT2D eigenvalue weighted by molar-refractivity contribution is 1.04. The molecule has 0 spiro atoms. The minimum Gasteiger partial charge on any atom is -0.0837 e. The first kappa shape index (κ1) is 11.9. The monoisotopic (exact) mass is 230 g/mol. The topological polar surface area (TPSA) is 0 Å².